The highest BCUT2D eigenvalue weighted by atomic mass is 35.5. The number of piperidine rings is 1. The molecule has 1 aromatic rings. The first-order chi connectivity index (χ1) is 10.2. The number of amides is 1. The van der Waals surface area contributed by atoms with Crippen molar-refractivity contribution in [3.05, 3.63) is 18.5 Å². The van der Waals surface area contributed by atoms with E-state index in [4.69, 9.17) is 5.73 Å². The van der Waals surface area contributed by atoms with E-state index in [0.29, 0.717) is 0 Å². The fourth-order valence-electron chi connectivity index (χ4n) is 3.35. The van der Waals surface area contributed by atoms with Gasteiger partial charge in [0.2, 0.25) is 11.9 Å². The summed E-state index contributed by atoms with van der Waals surface area (Å²) in [7, 11) is 0. The minimum Gasteiger partial charge on any atom is -0.351 e. The largest absolute Gasteiger partial charge is 0.351 e. The van der Waals surface area contributed by atoms with Gasteiger partial charge >= 0.3 is 0 Å². The zero-order chi connectivity index (χ0) is 14.7. The number of hydrogen-bond acceptors (Lipinski definition) is 5. The lowest BCUT2D eigenvalue weighted by atomic mass is 10.0. The maximum atomic E-state index is 12.3. The first-order valence-corrected chi connectivity index (χ1v) is 7.82. The summed E-state index contributed by atoms with van der Waals surface area (Å²) < 4.78 is 0. The molecule has 130 valence electrons. The van der Waals surface area contributed by atoms with Gasteiger partial charge in [0.15, 0.2) is 0 Å². The Bertz CT molecular complexity index is 490. The minimum absolute atomic E-state index is 0. The Labute approximate surface area is 149 Å². The van der Waals surface area contributed by atoms with Crippen LogP contribution >= 0.6 is 24.8 Å². The molecule has 2 heterocycles. The van der Waals surface area contributed by atoms with Crippen LogP contribution in [0.2, 0.25) is 0 Å². The monoisotopic (exact) mass is 361 g/mol. The van der Waals surface area contributed by atoms with E-state index in [1.54, 1.807) is 12.4 Å². The fraction of sp³-hybridized carbons (Fsp3) is 0.667. The van der Waals surface area contributed by atoms with Gasteiger partial charge in [-0.25, -0.2) is 9.97 Å². The average Bonchev–Trinajstić information content (AvgIpc) is 2.95. The Balaban J connectivity index is 0.00000132. The lowest BCUT2D eigenvalue weighted by molar-refractivity contribution is -0.125. The highest BCUT2D eigenvalue weighted by molar-refractivity contribution is 5.85. The smallest absolute Gasteiger partial charge is 0.225 e. The summed E-state index contributed by atoms with van der Waals surface area (Å²) in [5, 5.41) is 3.17. The van der Waals surface area contributed by atoms with Gasteiger partial charge in [-0.05, 0) is 31.7 Å². The molecule has 8 heteroatoms. The van der Waals surface area contributed by atoms with E-state index in [2.05, 4.69) is 20.2 Å². The van der Waals surface area contributed by atoms with E-state index in [9.17, 15) is 4.79 Å². The standard InChI is InChI=1S/C15H23N5O.2ClH/c16-13-6-1-5-12(13)14(21)19-11-4-2-9-20(10-11)15-17-7-3-8-18-15;;/h3,7-8,11-13H,1-2,4-6,9-10,16H2,(H,19,21);2*1H. The number of aromatic nitrogens is 2. The number of rotatable bonds is 3. The number of nitrogens with one attached hydrogen (secondary N) is 1. The molecule has 0 radical (unpaired) electrons. The first kappa shape index (κ1) is 19.9. The lowest BCUT2D eigenvalue weighted by Gasteiger charge is -2.33. The summed E-state index contributed by atoms with van der Waals surface area (Å²) in [4.78, 5) is 23.0. The van der Waals surface area contributed by atoms with Gasteiger partial charge in [-0.2, -0.15) is 0 Å². The first-order valence-electron chi connectivity index (χ1n) is 7.82. The maximum Gasteiger partial charge on any atom is 0.225 e. The summed E-state index contributed by atoms with van der Waals surface area (Å²) in [5.41, 5.74) is 6.01. The zero-order valence-corrected chi connectivity index (χ0v) is 14.7. The molecule has 1 saturated carbocycles. The molecule has 3 rings (SSSR count). The molecule has 3 unspecified atom stereocenters. The van der Waals surface area contributed by atoms with E-state index >= 15 is 0 Å². The molecule has 3 atom stereocenters. The van der Waals surface area contributed by atoms with Crippen LogP contribution in [0.4, 0.5) is 5.95 Å². The van der Waals surface area contributed by atoms with Gasteiger partial charge in [0.05, 0.1) is 5.92 Å². The molecular formula is C15H25Cl2N5O. The lowest BCUT2D eigenvalue weighted by Crippen LogP contribution is -2.51. The molecule has 0 bridgehead atoms. The number of halogens is 2. The number of anilines is 1. The summed E-state index contributed by atoms with van der Waals surface area (Å²) >= 11 is 0. The molecule has 1 amide bonds. The highest BCUT2D eigenvalue weighted by Gasteiger charge is 2.32. The summed E-state index contributed by atoms with van der Waals surface area (Å²) in [6, 6.07) is 2.01. The van der Waals surface area contributed by atoms with Gasteiger partial charge in [-0.1, -0.05) is 6.42 Å². The van der Waals surface area contributed by atoms with Crippen LogP contribution < -0.4 is 16.0 Å². The van der Waals surface area contributed by atoms with Crippen LogP contribution in [0.25, 0.3) is 0 Å². The fourth-order valence-corrected chi connectivity index (χ4v) is 3.35. The second kappa shape index (κ2) is 9.25. The Morgan fingerprint density at radius 1 is 1.17 bits per heavy atom. The number of hydrogen-bond donors (Lipinski definition) is 2. The Morgan fingerprint density at radius 3 is 2.57 bits per heavy atom. The summed E-state index contributed by atoms with van der Waals surface area (Å²) in [6.07, 6.45) is 8.51. The normalized spacial score (nSPS) is 26.8. The van der Waals surface area contributed by atoms with Gasteiger partial charge < -0.3 is 16.0 Å². The van der Waals surface area contributed by atoms with Crippen molar-refractivity contribution < 1.29 is 4.79 Å². The zero-order valence-electron chi connectivity index (χ0n) is 13.1. The molecule has 3 N–H and O–H groups in total. The summed E-state index contributed by atoms with van der Waals surface area (Å²) in [6.45, 7) is 1.72. The van der Waals surface area contributed by atoms with Crippen LogP contribution in [-0.4, -0.2) is 41.0 Å². The Kier molecular flexibility index (Phi) is 8.02. The van der Waals surface area contributed by atoms with Gasteiger partial charge in [0.25, 0.3) is 0 Å². The Hall–Kier alpha value is -1.11. The predicted octanol–water partition coefficient (Wildman–Crippen LogP) is 1.53. The third kappa shape index (κ3) is 4.93. The second-order valence-corrected chi connectivity index (χ2v) is 6.04. The van der Waals surface area contributed by atoms with Gasteiger partial charge in [0.1, 0.15) is 0 Å². The van der Waals surface area contributed by atoms with Crippen LogP contribution in [0.15, 0.2) is 18.5 Å². The Morgan fingerprint density at radius 2 is 1.91 bits per heavy atom. The van der Waals surface area contributed by atoms with E-state index in [1.165, 1.54) is 0 Å². The average molecular weight is 362 g/mol. The third-order valence-corrected chi connectivity index (χ3v) is 4.51. The molecule has 1 saturated heterocycles. The van der Waals surface area contributed by atoms with E-state index in [-0.39, 0.29) is 48.7 Å². The summed E-state index contributed by atoms with van der Waals surface area (Å²) in [5.74, 6) is 0.864. The molecule has 1 aromatic heterocycles. The second-order valence-electron chi connectivity index (χ2n) is 6.04. The topological polar surface area (TPSA) is 84.1 Å². The molecule has 1 aliphatic carbocycles. The van der Waals surface area contributed by atoms with Crippen molar-refractivity contribution in [2.75, 3.05) is 18.0 Å². The van der Waals surface area contributed by atoms with Crippen molar-refractivity contribution in [3.8, 4) is 0 Å². The third-order valence-electron chi connectivity index (χ3n) is 4.51. The highest BCUT2D eigenvalue weighted by Crippen LogP contribution is 2.24. The van der Waals surface area contributed by atoms with Crippen LogP contribution in [-0.2, 0) is 4.79 Å². The van der Waals surface area contributed by atoms with Crippen molar-refractivity contribution in [1.29, 1.82) is 0 Å². The van der Waals surface area contributed by atoms with Crippen LogP contribution in [0.3, 0.4) is 0 Å². The number of nitrogens with zero attached hydrogens (tertiary/aromatic N) is 3. The number of carbonyl (C=O) groups excluding carboxylic acids is 1. The van der Waals surface area contributed by atoms with Crippen molar-refractivity contribution in [1.82, 2.24) is 15.3 Å². The number of nitrogens with two attached hydrogens (primary N) is 1. The quantitative estimate of drug-likeness (QED) is 0.852. The van der Waals surface area contributed by atoms with Crippen molar-refractivity contribution in [2.24, 2.45) is 11.7 Å². The number of carbonyl (C=O) groups is 1. The van der Waals surface area contributed by atoms with E-state index < -0.39 is 0 Å². The maximum absolute atomic E-state index is 12.3. The van der Waals surface area contributed by atoms with E-state index in [1.807, 2.05) is 6.07 Å². The SMILES string of the molecule is Cl.Cl.NC1CCCC1C(=O)NC1CCCN(c2ncccn2)C1. The molecule has 6 nitrogen and oxygen atoms in total. The molecule has 23 heavy (non-hydrogen) atoms. The molecule has 2 aliphatic rings. The molecule has 0 spiro atoms. The van der Waals surface area contributed by atoms with Crippen molar-refractivity contribution in [2.45, 2.75) is 44.2 Å². The van der Waals surface area contributed by atoms with Gasteiger partial charge in [0, 0.05) is 37.6 Å². The molecule has 0 aromatic carbocycles. The molecule has 1 aliphatic heterocycles. The van der Waals surface area contributed by atoms with Crippen molar-refractivity contribution >= 4 is 36.7 Å². The van der Waals surface area contributed by atoms with Crippen LogP contribution in [0.5, 0.6) is 0 Å². The van der Waals surface area contributed by atoms with Gasteiger partial charge in [-0.15, -0.1) is 24.8 Å². The van der Waals surface area contributed by atoms with E-state index in [0.717, 1.165) is 51.1 Å². The predicted molar refractivity (Wildman–Crippen MR) is 95.2 cm³/mol. The molecular weight excluding hydrogens is 337 g/mol. The van der Waals surface area contributed by atoms with Crippen molar-refractivity contribution in [3.63, 3.8) is 0 Å². The minimum atomic E-state index is -0.00616. The molecule has 2 fully saturated rings. The van der Waals surface area contributed by atoms with Crippen LogP contribution in [0.1, 0.15) is 32.1 Å². The van der Waals surface area contributed by atoms with Gasteiger partial charge in [-0.3, -0.25) is 4.79 Å². The van der Waals surface area contributed by atoms with Crippen LogP contribution in [0, 0.1) is 5.92 Å².